The molecule has 0 unspecified atom stereocenters. The van der Waals surface area contributed by atoms with Gasteiger partial charge in [0.25, 0.3) is 0 Å². The first kappa shape index (κ1) is 21.0. The molecule has 1 saturated heterocycles. The Hall–Kier alpha value is -3.22. The average Bonchev–Trinajstić information content (AvgIpc) is 3.21. The fourth-order valence-corrected chi connectivity index (χ4v) is 4.28. The number of rotatable bonds is 7. The molecule has 2 aromatic carbocycles. The maximum Gasteiger partial charge on any atom is 0.223 e. The number of piperidine rings is 1. The van der Waals surface area contributed by atoms with Crippen molar-refractivity contribution in [2.45, 2.75) is 32.9 Å². The minimum atomic E-state index is 0.0138. The molecule has 1 amide bonds. The van der Waals surface area contributed by atoms with Gasteiger partial charge in [0.05, 0.1) is 25.3 Å². The molecule has 2 heterocycles. The molecule has 3 aromatic rings. The lowest BCUT2D eigenvalue weighted by atomic mass is 9.96. The highest BCUT2D eigenvalue weighted by Crippen LogP contribution is 2.28. The Labute approximate surface area is 183 Å². The van der Waals surface area contributed by atoms with E-state index in [-0.39, 0.29) is 11.8 Å². The quantitative estimate of drug-likeness (QED) is 0.630. The number of nitrogens with zero attached hydrogens (tertiary/aromatic N) is 3. The van der Waals surface area contributed by atoms with Crippen molar-refractivity contribution < 1.29 is 14.3 Å². The van der Waals surface area contributed by atoms with Crippen LogP contribution in [-0.2, 0) is 17.9 Å². The number of methoxy groups -OCH3 is 2. The Morgan fingerprint density at radius 2 is 1.90 bits per heavy atom. The third-order valence-corrected chi connectivity index (χ3v) is 6.05. The predicted octanol–water partition coefficient (Wildman–Crippen LogP) is 3.61. The molecule has 164 valence electrons. The van der Waals surface area contributed by atoms with E-state index in [0.717, 1.165) is 60.8 Å². The van der Waals surface area contributed by atoms with E-state index in [1.165, 1.54) is 0 Å². The second-order valence-corrected chi connectivity index (χ2v) is 7.80. The molecule has 0 spiro atoms. The molecule has 0 saturated carbocycles. The smallest absolute Gasteiger partial charge is 0.223 e. The Balaban J connectivity index is 1.36. The summed E-state index contributed by atoms with van der Waals surface area (Å²) in [6, 6.07) is 13.9. The molecule has 1 aromatic heterocycles. The fourth-order valence-electron chi connectivity index (χ4n) is 4.28. The van der Waals surface area contributed by atoms with Crippen molar-refractivity contribution >= 4 is 22.9 Å². The first-order chi connectivity index (χ1) is 15.1. The van der Waals surface area contributed by atoms with E-state index in [1.807, 2.05) is 30.3 Å². The number of aromatic nitrogens is 2. The van der Waals surface area contributed by atoms with Crippen LogP contribution in [0.2, 0.25) is 0 Å². The molecule has 0 atom stereocenters. The van der Waals surface area contributed by atoms with Crippen LogP contribution < -0.4 is 19.7 Å². The number of imidazole rings is 1. The van der Waals surface area contributed by atoms with Crippen molar-refractivity contribution in [1.29, 1.82) is 0 Å². The van der Waals surface area contributed by atoms with Gasteiger partial charge < -0.3 is 24.3 Å². The SMILES string of the molecule is CCn1c(N2CCC(C(=O)NCc3ccc(OC)cc3OC)CC2)nc2ccccc21. The normalized spacial score (nSPS) is 14.6. The minimum absolute atomic E-state index is 0.0138. The van der Waals surface area contributed by atoms with Crippen molar-refractivity contribution in [2.75, 3.05) is 32.2 Å². The van der Waals surface area contributed by atoms with Gasteiger partial charge in [0, 0.05) is 43.7 Å². The number of hydrogen-bond donors (Lipinski definition) is 1. The number of benzene rings is 2. The molecule has 1 fully saturated rings. The second-order valence-electron chi connectivity index (χ2n) is 7.80. The van der Waals surface area contributed by atoms with E-state index in [2.05, 4.69) is 33.8 Å². The Morgan fingerprint density at radius 3 is 2.61 bits per heavy atom. The third kappa shape index (κ3) is 4.31. The molecule has 1 aliphatic rings. The van der Waals surface area contributed by atoms with Crippen molar-refractivity contribution in [3.63, 3.8) is 0 Å². The van der Waals surface area contributed by atoms with Gasteiger partial charge in [-0.2, -0.15) is 0 Å². The standard InChI is InChI=1S/C24H30N4O3/c1-4-28-21-8-6-5-7-20(21)26-24(28)27-13-11-17(12-14-27)23(29)25-16-18-9-10-19(30-2)15-22(18)31-3/h5-10,15,17H,4,11-14,16H2,1-3H3,(H,25,29). The van der Waals surface area contributed by atoms with Crippen molar-refractivity contribution in [2.24, 2.45) is 5.92 Å². The Kier molecular flexibility index (Phi) is 6.30. The van der Waals surface area contributed by atoms with E-state index < -0.39 is 0 Å². The van der Waals surface area contributed by atoms with E-state index in [0.29, 0.717) is 12.3 Å². The minimum Gasteiger partial charge on any atom is -0.497 e. The lowest BCUT2D eigenvalue weighted by molar-refractivity contribution is -0.125. The summed E-state index contributed by atoms with van der Waals surface area (Å²) in [6.07, 6.45) is 1.64. The number of carbonyl (C=O) groups excluding carboxylic acids is 1. The summed E-state index contributed by atoms with van der Waals surface area (Å²) in [7, 11) is 3.25. The van der Waals surface area contributed by atoms with Crippen LogP contribution in [0.25, 0.3) is 11.0 Å². The lowest BCUT2D eigenvalue weighted by Crippen LogP contribution is -2.41. The number of fused-ring (bicyclic) bond motifs is 1. The molecule has 4 rings (SSSR count). The molecule has 0 aliphatic carbocycles. The Morgan fingerprint density at radius 1 is 1.13 bits per heavy atom. The molecule has 7 heteroatoms. The number of nitrogens with one attached hydrogen (secondary N) is 1. The lowest BCUT2D eigenvalue weighted by Gasteiger charge is -2.32. The van der Waals surface area contributed by atoms with Gasteiger partial charge in [-0.25, -0.2) is 4.98 Å². The molecule has 0 bridgehead atoms. The summed E-state index contributed by atoms with van der Waals surface area (Å²) >= 11 is 0. The zero-order valence-corrected chi connectivity index (χ0v) is 18.4. The van der Waals surface area contributed by atoms with E-state index in [4.69, 9.17) is 14.5 Å². The summed E-state index contributed by atoms with van der Waals surface area (Å²) in [4.78, 5) is 19.9. The van der Waals surface area contributed by atoms with Gasteiger partial charge in [0.1, 0.15) is 11.5 Å². The predicted molar refractivity (Wildman–Crippen MR) is 122 cm³/mol. The number of hydrogen-bond acceptors (Lipinski definition) is 5. The van der Waals surface area contributed by atoms with Crippen LogP contribution in [0.5, 0.6) is 11.5 Å². The van der Waals surface area contributed by atoms with Gasteiger partial charge in [0.2, 0.25) is 11.9 Å². The summed E-state index contributed by atoms with van der Waals surface area (Å²) in [5, 5.41) is 3.08. The van der Waals surface area contributed by atoms with Crippen molar-refractivity contribution in [3.8, 4) is 11.5 Å². The van der Waals surface area contributed by atoms with Gasteiger partial charge in [-0.05, 0) is 44.0 Å². The van der Waals surface area contributed by atoms with Crippen molar-refractivity contribution in [3.05, 3.63) is 48.0 Å². The number of ether oxygens (including phenoxy) is 2. The Bertz CT molecular complexity index is 1050. The molecular weight excluding hydrogens is 392 g/mol. The van der Waals surface area contributed by atoms with E-state index >= 15 is 0 Å². The number of carbonyl (C=O) groups is 1. The highest BCUT2D eigenvalue weighted by atomic mass is 16.5. The first-order valence-corrected chi connectivity index (χ1v) is 10.8. The van der Waals surface area contributed by atoms with Gasteiger partial charge in [-0.15, -0.1) is 0 Å². The van der Waals surface area contributed by atoms with Crippen molar-refractivity contribution in [1.82, 2.24) is 14.9 Å². The highest BCUT2D eigenvalue weighted by molar-refractivity contribution is 5.80. The average molecular weight is 423 g/mol. The molecule has 0 radical (unpaired) electrons. The van der Waals surface area contributed by atoms with Crippen LogP contribution in [0.1, 0.15) is 25.3 Å². The monoisotopic (exact) mass is 422 g/mol. The molecule has 1 N–H and O–H groups in total. The van der Waals surface area contributed by atoms with Crippen LogP contribution in [0.3, 0.4) is 0 Å². The van der Waals surface area contributed by atoms with Gasteiger partial charge in [-0.3, -0.25) is 4.79 Å². The summed E-state index contributed by atoms with van der Waals surface area (Å²) in [5.74, 6) is 2.57. The van der Waals surface area contributed by atoms with Gasteiger partial charge >= 0.3 is 0 Å². The highest BCUT2D eigenvalue weighted by Gasteiger charge is 2.27. The van der Waals surface area contributed by atoms with Gasteiger partial charge in [-0.1, -0.05) is 12.1 Å². The topological polar surface area (TPSA) is 68.6 Å². The zero-order chi connectivity index (χ0) is 21.8. The van der Waals surface area contributed by atoms with E-state index in [9.17, 15) is 4.79 Å². The second kappa shape index (κ2) is 9.29. The van der Waals surface area contributed by atoms with Crippen LogP contribution >= 0.6 is 0 Å². The van der Waals surface area contributed by atoms with E-state index in [1.54, 1.807) is 14.2 Å². The zero-order valence-electron chi connectivity index (χ0n) is 18.4. The van der Waals surface area contributed by atoms with Crippen LogP contribution in [0.15, 0.2) is 42.5 Å². The maximum atomic E-state index is 12.8. The third-order valence-electron chi connectivity index (χ3n) is 6.05. The molecule has 7 nitrogen and oxygen atoms in total. The van der Waals surface area contributed by atoms with Crippen LogP contribution in [0, 0.1) is 5.92 Å². The maximum absolute atomic E-state index is 12.8. The molecule has 1 aliphatic heterocycles. The van der Waals surface area contributed by atoms with Crippen LogP contribution in [0.4, 0.5) is 5.95 Å². The first-order valence-electron chi connectivity index (χ1n) is 10.8. The fraction of sp³-hybridized carbons (Fsp3) is 0.417. The largest absolute Gasteiger partial charge is 0.497 e. The summed E-state index contributed by atoms with van der Waals surface area (Å²) in [6.45, 7) is 5.11. The number of aryl methyl sites for hydroxylation is 1. The van der Waals surface area contributed by atoms with Gasteiger partial charge in [0.15, 0.2) is 0 Å². The number of amides is 1. The summed E-state index contributed by atoms with van der Waals surface area (Å²) in [5.41, 5.74) is 3.12. The summed E-state index contributed by atoms with van der Waals surface area (Å²) < 4.78 is 12.9. The molecule has 31 heavy (non-hydrogen) atoms. The number of anilines is 1. The number of para-hydroxylation sites is 2. The molecular formula is C24H30N4O3. The van der Waals surface area contributed by atoms with Crippen LogP contribution in [-0.4, -0.2) is 42.8 Å².